The average Bonchev–Trinajstić information content (AvgIpc) is 3.01. The molecule has 15 heavy (non-hydrogen) atoms. The van der Waals surface area contributed by atoms with Crippen molar-refractivity contribution in [3.8, 4) is 6.07 Å². The minimum absolute atomic E-state index is 0.142. The summed E-state index contributed by atoms with van der Waals surface area (Å²) in [5.41, 5.74) is -0.142. The van der Waals surface area contributed by atoms with Crippen LogP contribution in [0.4, 0.5) is 0 Å². The molecular formula is C13H22N2. The summed E-state index contributed by atoms with van der Waals surface area (Å²) in [6, 6.07) is 3.26. The highest BCUT2D eigenvalue weighted by Crippen LogP contribution is 2.35. The first kappa shape index (κ1) is 11.0. The summed E-state index contributed by atoms with van der Waals surface area (Å²) < 4.78 is 0. The van der Waals surface area contributed by atoms with Gasteiger partial charge in [0.1, 0.15) is 0 Å². The maximum absolute atomic E-state index is 8.99. The fourth-order valence-corrected chi connectivity index (χ4v) is 1.97. The van der Waals surface area contributed by atoms with Gasteiger partial charge in [-0.25, -0.2) is 0 Å². The molecule has 2 nitrogen and oxygen atoms in total. The monoisotopic (exact) mass is 206 g/mol. The smallest absolute Gasteiger partial charge is 0.0684 e. The number of nitriles is 1. The van der Waals surface area contributed by atoms with Gasteiger partial charge in [-0.3, -0.25) is 0 Å². The average molecular weight is 206 g/mol. The van der Waals surface area contributed by atoms with Crippen LogP contribution in [-0.4, -0.2) is 24.0 Å². The van der Waals surface area contributed by atoms with Crippen molar-refractivity contribution in [3.63, 3.8) is 0 Å². The topological polar surface area (TPSA) is 27.0 Å². The Kier molecular flexibility index (Phi) is 3.02. The van der Waals surface area contributed by atoms with E-state index < -0.39 is 0 Å². The zero-order valence-corrected chi connectivity index (χ0v) is 10.00. The maximum atomic E-state index is 8.99. The van der Waals surface area contributed by atoms with E-state index in [2.05, 4.69) is 24.8 Å². The van der Waals surface area contributed by atoms with Crippen LogP contribution in [0.2, 0.25) is 0 Å². The molecule has 0 unspecified atom stereocenters. The third kappa shape index (κ3) is 3.50. The molecule has 2 saturated carbocycles. The molecule has 0 saturated heterocycles. The van der Waals surface area contributed by atoms with E-state index in [1.54, 1.807) is 0 Å². The quantitative estimate of drug-likeness (QED) is 0.668. The van der Waals surface area contributed by atoms with Crippen LogP contribution in [-0.2, 0) is 0 Å². The van der Waals surface area contributed by atoms with Crippen molar-refractivity contribution < 1.29 is 0 Å². The Bertz CT molecular complexity index is 256. The lowest BCUT2D eigenvalue weighted by molar-refractivity contribution is 0.224. The van der Waals surface area contributed by atoms with Crippen LogP contribution in [0.5, 0.6) is 0 Å². The van der Waals surface area contributed by atoms with Crippen molar-refractivity contribution in [2.24, 2.45) is 11.3 Å². The predicted octanol–water partition coefficient (Wildman–Crippen LogP) is 2.80. The highest BCUT2D eigenvalue weighted by atomic mass is 15.2. The van der Waals surface area contributed by atoms with E-state index in [0.717, 1.165) is 24.9 Å². The van der Waals surface area contributed by atoms with Crippen molar-refractivity contribution >= 4 is 0 Å². The summed E-state index contributed by atoms with van der Waals surface area (Å²) in [5, 5.41) is 8.99. The third-order valence-electron chi connectivity index (χ3n) is 3.58. The molecule has 0 aromatic heterocycles. The molecule has 0 radical (unpaired) electrons. The van der Waals surface area contributed by atoms with Crippen LogP contribution in [0.15, 0.2) is 0 Å². The summed E-state index contributed by atoms with van der Waals surface area (Å²) >= 11 is 0. The molecule has 0 atom stereocenters. The molecular weight excluding hydrogens is 184 g/mol. The van der Waals surface area contributed by atoms with E-state index in [-0.39, 0.29) is 5.41 Å². The van der Waals surface area contributed by atoms with Gasteiger partial charge in [0, 0.05) is 12.6 Å². The van der Waals surface area contributed by atoms with E-state index in [0.29, 0.717) is 0 Å². The van der Waals surface area contributed by atoms with E-state index >= 15 is 0 Å². The molecule has 0 aliphatic heterocycles. The SMILES string of the molecule is CC(C)(C#N)CCN(CC1CC1)C1CC1. The summed E-state index contributed by atoms with van der Waals surface area (Å²) in [5.74, 6) is 0.982. The number of nitrogens with zero attached hydrogens (tertiary/aromatic N) is 2. The molecule has 0 heterocycles. The Morgan fingerprint density at radius 1 is 1.27 bits per heavy atom. The first-order valence-electron chi connectivity index (χ1n) is 6.26. The van der Waals surface area contributed by atoms with Crippen LogP contribution in [0.1, 0.15) is 46.0 Å². The molecule has 84 valence electrons. The van der Waals surface area contributed by atoms with Gasteiger partial charge in [-0.2, -0.15) is 5.26 Å². The van der Waals surface area contributed by atoms with E-state index in [9.17, 15) is 0 Å². The molecule has 0 bridgehead atoms. The lowest BCUT2D eigenvalue weighted by Gasteiger charge is -2.25. The van der Waals surface area contributed by atoms with Crippen molar-refractivity contribution in [2.45, 2.75) is 52.0 Å². The fraction of sp³-hybridized carbons (Fsp3) is 0.923. The highest BCUT2D eigenvalue weighted by molar-refractivity contribution is 4.94. The zero-order chi connectivity index (χ0) is 10.9. The fourth-order valence-electron chi connectivity index (χ4n) is 1.97. The Hall–Kier alpha value is -0.550. The first-order valence-corrected chi connectivity index (χ1v) is 6.26. The largest absolute Gasteiger partial charge is 0.300 e. The standard InChI is InChI=1S/C13H22N2/c1-13(2,10-14)7-8-15(12-5-6-12)9-11-3-4-11/h11-12H,3-9H2,1-2H3. The van der Waals surface area contributed by atoms with Crippen LogP contribution < -0.4 is 0 Å². The maximum Gasteiger partial charge on any atom is 0.0684 e. The summed E-state index contributed by atoms with van der Waals surface area (Å²) in [4.78, 5) is 2.64. The molecule has 2 heteroatoms. The third-order valence-corrected chi connectivity index (χ3v) is 3.58. The Labute approximate surface area is 93.3 Å². The van der Waals surface area contributed by atoms with Crippen molar-refractivity contribution in [1.29, 1.82) is 5.26 Å². The van der Waals surface area contributed by atoms with Gasteiger partial charge >= 0.3 is 0 Å². The molecule has 0 amide bonds. The van der Waals surface area contributed by atoms with Gasteiger partial charge in [0.05, 0.1) is 11.5 Å². The number of hydrogen-bond donors (Lipinski definition) is 0. The molecule has 2 rings (SSSR count). The van der Waals surface area contributed by atoms with Crippen LogP contribution in [0, 0.1) is 22.7 Å². The lowest BCUT2D eigenvalue weighted by atomic mass is 9.91. The van der Waals surface area contributed by atoms with Crippen LogP contribution in [0.25, 0.3) is 0 Å². The normalized spacial score (nSPS) is 21.7. The number of rotatable bonds is 6. The molecule has 0 spiro atoms. The van der Waals surface area contributed by atoms with E-state index in [4.69, 9.17) is 5.26 Å². The predicted molar refractivity (Wildman–Crippen MR) is 61.3 cm³/mol. The second-order valence-electron chi connectivity index (χ2n) is 5.92. The van der Waals surface area contributed by atoms with Crippen molar-refractivity contribution in [3.05, 3.63) is 0 Å². The van der Waals surface area contributed by atoms with Gasteiger partial charge in [-0.1, -0.05) is 0 Å². The second-order valence-corrected chi connectivity index (χ2v) is 5.92. The van der Waals surface area contributed by atoms with E-state index in [1.807, 2.05) is 0 Å². The van der Waals surface area contributed by atoms with Crippen LogP contribution in [0.3, 0.4) is 0 Å². The van der Waals surface area contributed by atoms with Gasteiger partial charge in [0.25, 0.3) is 0 Å². The minimum Gasteiger partial charge on any atom is -0.300 e. The number of hydrogen-bond acceptors (Lipinski definition) is 2. The lowest BCUT2D eigenvalue weighted by Crippen LogP contribution is -2.31. The molecule has 2 aliphatic rings. The molecule has 0 aromatic rings. The van der Waals surface area contributed by atoms with Gasteiger partial charge < -0.3 is 4.90 Å². The van der Waals surface area contributed by atoms with Crippen molar-refractivity contribution in [1.82, 2.24) is 4.90 Å². The van der Waals surface area contributed by atoms with Gasteiger partial charge in [0.15, 0.2) is 0 Å². The Balaban J connectivity index is 1.76. The molecule has 2 aliphatic carbocycles. The Morgan fingerprint density at radius 2 is 1.93 bits per heavy atom. The van der Waals surface area contributed by atoms with Gasteiger partial charge in [-0.15, -0.1) is 0 Å². The molecule has 2 fully saturated rings. The van der Waals surface area contributed by atoms with Gasteiger partial charge in [-0.05, 0) is 58.4 Å². The highest BCUT2D eigenvalue weighted by Gasteiger charge is 2.34. The Morgan fingerprint density at radius 3 is 2.40 bits per heavy atom. The first-order chi connectivity index (χ1) is 7.11. The summed E-state index contributed by atoms with van der Waals surface area (Å²) in [6.07, 6.45) is 6.67. The second kappa shape index (κ2) is 4.14. The van der Waals surface area contributed by atoms with Crippen molar-refractivity contribution in [2.75, 3.05) is 13.1 Å². The zero-order valence-electron chi connectivity index (χ0n) is 10.00. The van der Waals surface area contributed by atoms with E-state index in [1.165, 1.54) is 32.2 Å². The summed E-state index contributed by atoms with van der Waals surface area (Å²) in [6.45, 7) is 6.53. The van der Waals surface area contributed by atoms with Gasteiger partial charge in [0.2, 0.25) is 0 Å². The molecule has 0 aromatic carbocycles. The summed E-state index contributed by atoms with van der Waals surface area (Å²) in [7, 11) is 0. The molecule has 0 N–H and O–H groups in total. The minimum atomic E-state index is -0.142. The van der Waals surface area contributed by atoms with Crippen LogP contribution >= 0.6 is 0 Å².